The molecular formula is C6H14N2O8S2. The molecule has 0 aromatic heterocycles. The fourth-order valence-corrected chi connectivity index (χ4v) is 3.24. The van der Waals surface area contributed by atoms with Crippen LogP contribution in [0, 0.1) is 0 Å². The summed E-state index contributed by atoms with van der Waals surface area (Å²) in [6.45, 7) is 0. The second-order valence-corrected chi connectivity index (χ2v) is 6.10. The molecule has 18 heavy (non-hydrogen) atoms. The van der Waals surface area contributed by atoms with Crippen molar-refractivity contribution in [1.82, 2.24) is 12.3 Å². The Bertz CT molecular complexity index is 562. The maximum atomic E-state index is 10.7. The van der Waals surface area contributed by atoms with Crippen molar-refractivity contribution in [2.75, 3.05) is 0 Å². The van der Waals surface area contributed by atoms with Gasteiger partial charge in [0.15, 0.2) is 4.93 Å². The van der Waals surface area contributed by atoms with Crippen LogP contribution < -0.4 is 12.3 Å². The minimum Gasteiger partial charge on any atom is -0.747 e. The van der Waals surface area contributed by atoms with E-state index in [9.17, 15) is 31.0 Å². The van der Waals surface area contributed by atoms with Crippen molar-refractivity contribution in [1.29, 1.82) is 0 Å². The zero-order chi connectivity index (χ0) is 12.8. The predicted molar refractivity (Wildman–Crippen MR) is 60.0 cm³/mol. The molecule has 12 heteroatoms. The fourth-order valence-electron chi connectivity index (χ4n) is 1.15. The van der Waals surface area contributed by atoms with Gasteiger partial charge in [-0.2, -0.15) is 0 Å². The van der Waals surface area contributed by atoms with Gasteiger partial charge in [0.2, 0.25) is 0 Å². The molecule has 0 aromatic carbocycles. The third kappa shape index (κ3) is 3.26. The zero-order valence-electron chi connectivity index (χ0n) is 9.47. The van der Waals surface area contributed by atoms with Gasteiger partial charge in [0, 0.05) is 0 Å². The number of quaternary nitrogens is 2. The van der Waals surface area contributed by atoms with Crippen molar-refractivity contribution in [3.8, 4) is 0 Å². The molecule has 1 rings (SSSR count). The summed E-state index contributed by atoms with van der Waals surface area (Å²) in [6, 6.07) is 0. The van der Waals surface area contributed by atoms with Crippen molar-refractivity contribution in [2.45, 2.75) is 10.2 Å². The minimum absolute atomic E-state index is 0. The van der Waals surface area contributed by atoms with E-state index < -0.39 is 36.2 Å². The molecule has 0 spiro atoms. The minimum atomic E-state index is -5.50. The first kappa shape index (κ1) is 19.3. The summed E-state index contributed by atoms with van der Waals surface area (Å²) >= 11 is 0. The van der Waals surface area contributed by atoms with Gasteiger partial charge in [0.1, 0.15) is 31.2 Å². The van der Waals surface area contributed by atoms with Crippen LogP contribution in [0.2, 0.25) is 0 Å². The Morgan fingerprint density at radius 3 is 1.94 bits per heavy atom. The van der Waals surface area contributed by atoms with Crippen LogP contribution in [0.25, 0.3) is 0 Å². The van der Waals surface area contributed by atoms with Crippen LogP contribution in [0.1, 0.15) is 0 Å². The summed E-state index contributed by atoms with van der Waals surface area (Å²) in [5.41, 5.74) is 0. The smallest absolute Gasteiger partial charge is 0.192 e. The molecule has 10 nitrogen and oxygen atoms in total. The van der Waals surface area contributed by atoms with E-state index >= 15 is 0 Å². The molecule has 1 aliphatic carbocycles. The first-order chi connectivity index (χ1) is 6.98. The Kier molecular flexibility index (Phi) is 5.70. The average molecular weight is 306 g/mol. The van der Waals surface area contributed by atoms with Gasteiger partial charge in [-0.25, -0.2) is 16.8 Å². The summed E-state index contributed by atoms with van der Waals surface area (Å²) in [7, 11) is -10.8. The zero-order valence-corrected chi connectivity index (χ0v) is 11.1. The van der Waals surface area contributed by atoms with E-state index in [2.05, 4.69) is 0 Å². The van der Waals surface area contributed by atoms with E-state index in [-0.39, 0.29) is 24.5 Å². The molecule has 0 amide bonds. The molecule has 0 bridgehead atoms. The van der Waals surface area contributed by atoms with Gasteiger partial charge in [0.05, 0.1) is 0 Å². The fraction of sp³-hybridized carbons (Fsp3) is 0.333. The first-order valence-electron chi connectivity index (χ1n) is 3.71. The third-order valence-corrected chi connectivity index (χ3v) is 4.39. The summed E-state index contributed by atoms with van der Waals surface area (Å²) in [6.07, 6.45) is 1.15. The van der Waals surface area contributed by atoms with Gasteiger partial charge < -0.3 is 31.6 Å². The number of aliphatic hydroxyl groups excluding tert-OH is 1. The topological polar surface area (TPSA) is 228 Å². The molecule has 0 heterocycles. The van der Waals surface area contributed by atoms with Gasteiger partial charge >= 0.3 is 0 Å². The lowest BCUT2D eigenvalue weighted by Gasteiger charge is -2.36. The molecule has 10 N–H and O–H groups in total. The van der Waals surface area contributed by atoms with Gasteiger partial charge in [-0.15, -0.1) is 0 Å². The predicted octanol–water partition coefficient (Wildman–Crippen LogP) is -1.10. The molecule has 0 radical (unpaired) electrons. The number of rotatable bonds is 2. The standard InChI is InChI=1S/C6H8O8S2.2H3N/c7-4-1-2-6(8,16(12,13)14)5(3-4)15(9,10)11;;/h1-3,5,7-8H,(H,9,10,11)(H,12,13,14);2*1H3. The maximum absolute atomic E-state index is 10.7. The Balaban J connectivity index is 0. The lowest BCUT2D eigenvalue weighted by atomic mass is 10.1. The normalized spacial score (nSPS) is 27.7. The Morgan fingerprint density at radius 2 is 1.61 bits per heavy atom. The van der Waals surface area contributed by atoms with Gasteiger partial charge in [0.25, 0.3) is 0 Å². The molecule has 0 aromatic rings. The highest BCUT2D eigenvalue weighted by molar-refractivity contribution is 7.91. The van der Waals surface area contributed by atoms with E-state index in [1.54, 1.807) is 0 Å². The van der Waals surface area contributed by atoms with E-state index in [0.29, 0.717) is 6.08 Å². The second kappa shape index (κ2) is 5.31. The molecule has 0 saturated carbocycles. The summed E-state index contributed by atoms with van der Waals surface area (Å²) in [5, 5.41) is 15.7. The van der Waals surface area contributed by atoms with E-state index in [4.69, 9.17) is 5.11 Å². The highest BCUT2D eigenvalue weighted by Crippen LogP contribution is 2.30. The van der Waals surface area contributed by atoms with Gasteiger partial charge in [-0.05, 0) is 18.2 Å². The quantitative estimate of drug-likeness (QED) is 0.456. The largest absolute Gasteiger partial charge is 0.747 e. The molecule has 1 aliphatic rings. The second-order valence-electron chi connectivity index (χ2n) is 3.04. The molecule has 0 fully saturated rings. The van der Waals surface area contributed by atoms with Crippen LogP contribution in [0.15, 0.2) is 24.0 Å². The third-order valence-electron chi connectivity index (χ3n) is 1.93. The number of hydrogen-bond donors (Lipinski definition) is 4. The van der Waals surface area contributed by atoms with Crippen LogP contribution in [-0.4, -0.2) is 46.3 Å². The van der Waals surface area contributed by atoms with Crippen LogP contribution in [-0.2, 0) is 20.2 Å². The summed E-state index contributed by atoms with van der Waals surface area (Å²) in [5.74, 6) is -0.738. The summed E-state index contributed by atoms with van der Waals surface area (Å²) in [4.78, 5) is -3.40. The van der Waals surface area contributed by atoms with Crippen molar-refractivity contribution < 1.29 is 36.2 Å². The van der Waals surface area contributed by atoms with Gasteiger partial charge in [-0.1, -0.05) is 0 Å². The molecule has 0 aliphatic heterocycles. The average Bonchev–Trinajstić information content (AvgIpc) is 2.05. The molecule has 108 valence electrons. The lowest BCUT2D eigenvalue weighted by molar-refractivity contribution is 0.157. The van der Waals surface area contributed by atoms with Crippen LogP contribution in [0.5, 0.6) is 0 Å². The molecular weight excluding hydrogens is 292 g/mol. The van der Waals surface area contributed by atoms with Crippen molar-refractivity contribution >= 4 is 20.2 Å². The molecule has 2 unspecified atom stereocenters. The van der Waals surface area contributed by atoms with Crippen molar-refractivity contribution in [3.63, 3.8) is 0 Å². The Labute approximate surface area is 103 Å². The number of allylic oxidation sites excluding steroid dienone is 1. The van der Waals surface area contributed by atoms with E-state index in [1.807, 2.05) is 0 Å². The SMILES string of the molecule is O=S(=O)([O-])C1C=C(O)C=CC1(O)S(=O)(=O)[O-].[NH4+].[NH4+]. The van der Waals surface area contributed by atoms with E-state index in [0.717, 1.165) is 0 Å². The highest BCUT2D eigenvalue weighted by atomic mass is 32.2. The van der Waals surface area contributed by atoms with Gasteiger partial charge in [-0.3, -0.25) is 0 Å². The van der Waals surface area contributed by atoms with Crippen molar-refractivity contribution in [2.24, 2.45) is 0 Å². The monoisotopic (exact) mass is 306 g/mol. The van der Waals surface area contributed by atoms with Crippen molar-refractivity contribution in [3.05, 3.63) is 24.0 Å². The Hall–Kier alpha value is -1.02. The maximum Gasteiger partial charge on any atom is 0.192 e. The van der Waals surface area contributed by atoms with E-state index in [1.165, 1.54) is 0 Å². The van der Waals surface area contributed by atoms with Crippen LogP contribution in [0.4, 0.5) is 0 Å². The Morgan fingerprint density at radius 1 is 1.17 bits per heavy atom. The summed E-state index contributed by atoms with van der Waals surface area (Å²) < 4.78 is 64.2. The highest BCUT2D eigenvalue weighted by Gasteiger charge is 2.45. The van der Waals surface area contributed by atoms with Crippen LogP contribution >= 0.6 is 0 Å². The van der Waals surface area contributed by atoms with Crippen LogP contribution in [0.3, 0.4) is 0 Å². The number of hydrogen-bond acceptors (Lipinski definition) is 8. The first-order valence-corrected chi connectivity index (χ1v) is 6.59. The molecule has 2 atom stereocenters. The molecule has 0 saturated heterocycles. The lowest BCUT2D eigenvalue weighted by Crippen LogP contribution is -2.51. The number of aliphatic hydroxyl groups is 2.